The maximum absolute atomic E-state index is 13.7. The fourth-order valence-corrected chi connectivity index (χ4v) is 7.11. The number of aromatic nitrogens is 3. The number of fused-ring (bicyclic) bond motifs is 2. The minimum absolute atomic E-state index is 0.0953. The zero-order chi connectivity index (χ0) is 28.1. The van der Waals surface area contributed by atoms with Gasteiger partial charge >= 0.3 is 0 Å². The predicted octanol–water partition coefficient (Wildman–Crippen LogP) is 6.07. The fourth-order valence-electron chi connectivity index (χ4n) is 7.11. The molecule has 1 aromatic carbocycles. The van der Waals surface area contributed by atoms with Crippen molar-refractivity contribution in [3.05, 3.63) is 58.0 Å². The minimum atomic E-state index is -2.64. The first kappa shape index (κ1) is 28.5. The SMILES string of the molecule is Cc1nnc(CCCN=[N+]=[N-])n1C1CC2CCC(C1)N2CC[C@H](NC(=O)C1CCC(F)(F)CC1)c1ccccc1. The van der Waals surface area contributed by atoms with Crippen LogP contribution in [-0.2, 0) is 11.2 Å². The van der Waals surface area contributed by atoms with Gasteiger partial charge in [0.2, 0.25) is 11.8 Å². The Balaban J connectivity index is 1.21. The number of halogens is 2. The number of azide groups is 1. The summed E-state index contributed by atoms with van der Waals surface area (Å²) in [4.78, 5) is 18.6. The summed E-state index contributed by atoms with van der Waals surface area (Å²) in [5, 5.41) is 15.7. The number of carbonyl (C=O) groups is 1. The number of alkyl halides is 2. The zero-order valence-corrected chi connectivity index (χ0v) is 23.3. The van der Waals surface area contributed by atoms with Crippen LogP contribution in [0.2, 0.25) is 0 Å². The molecule has 1 saturated carbocycles. The van der Waals surface area contributed by atoms with Crippen molar-refractivity contribution in [2.75, 3.05) is 13.1 Å². The number of benzene rings is 1. The van der Waals surface area contributed by atoms with Crippen LogP contribution < -0.4 is 5.32 Å². The first-order chi connectivity index (χ1) is 19.3. The van der Waals surface area contributed by atoms with E-state index in [1.54, 1.807) is 0 Å². The molecular formula is C29H40F2N8O. The number of amides is 1. The van der Waals surface area contributed by atoms with Crippen LogP contribution in [0.25, 0.3) is 10.4 Å². The molecule has 1 aromatic heterocycles. The van der Waals surface area contributed by atoms with Crippen LogP contribution in [0.15, 0.2) is 35.4 Å². The lowest BCUT2D eigenvalue weighted by atomic mass is 9.86. The second kappa shape index (κ2) is 12.6. The summed E-state index contributed by atoms with van der Waals surface area (Å²) >= 11 is 0. The van der Waals surface area contributed by atoms with E-state index in [1.165, 1.54) is 0 Å². The molecule has 3 fully saturated rings. The smallest absolute Gasteiger partial charge is 0.248 e. The molecular weight excluding hydrogens is 514 g/mol. The van der Waals surface area contributed by atoms with E-state index in [4.69, 9.17) is 5.53 Å². The summed E-state index contributed by atoms with van der Waals surface area (Å²) in [7, 11) is 0. The second-order valence-corrected chi connectivity index (χ2v) is 11.7. The molecule has 2 aromatic rings. The van der Waals surface area contributed by atoms with Crippen molar-refractivity contribution in [2.24, 2.45) is 11.0 Å². The lowest BCUT2D eigenvalue weighted by Gasteiger charge is -2.40. The van der Waals surface area contributed by atoms with Crippen molar-refractivity contribution in [3.8, 4) is 0 Å². The van der Waals surface area contributed by atoms with Crippen LogP contribution >= 0.6 is 0 Å². The van der Waals surface area contributed by atoms with Crippen LogP contribution in [-0.4, -0.2) is 56.7 Å². The molecule has 0 spiro atoms. The average Bonchev–Trinajstić information content (AvgIpc) is 3.43. The van der Waals surface area contributed by atoms with Gasteiger partial charge in [0.25, 0.3) is 0 Å². The number of piperidine rings is 1. The van der Waals surface area contributed by atoms with Crippen molar-refractivity contribution in [2.45, 2.75) is 108 Å². The average molecular weight is 555 g/mol. The highest BCUT2D eigenvalue weighted by atomic mass is 19.3. The van der Waals surface area contributed by atoms with E-state index < -0.39 is 5.92 Å². The Morgan fingerprint density at radius 3 is 2.50 bits per heavy atom. The van der Waals surface area contributed by atoms with Gasteiger partial charge in [-0.2, -0.15) is 0 Å². The van der Waals surface area contributed by atoms with E-state index >= 15 is 0 Å². The quantitative estimate of drug-likeness (QED) is 0.157. The molecule has 5 rings (SSSR count). The highest BCUT2D eigenvalue weighted by Gasteiger charge is 2.42. The van der Waals surface area contributed by atoms with Gasteiger partial charge in [-0.25, -0.2) is 8.78 Å². The van der Waals surface area contributed by atoms with Crippen LogP contribution in [0, 0.1) is 12.8 Å². The molecule has 1 amide bonds. The molecule has 3 atom stereocenters. The van der Waals surface area contributed by atoms with Crippen LogP contribution in [0.3, 0.4) is 0 Å². The molecule has 216 valence electrons. The standard InChI is InChI=1S/C29H40F2N8O/c1-20-35-36-27(8-5-16-33-37-32)39(20)25-18-23-9-10-24(19-25)38(23)17-13-26(21-6-3-2-4-7-21)34-28(40)22-11-14-29(30,31)15-12-22/h2-4,6-7,22-26H,5,8-19H2,1H3,(H,34,40)/t23?,24?,25?,26-/m0/s1. The summed E-state index contributed by atoms with van der Waals surface area (Å²) in [5.74, 6) is -1.17. The largest absolute Gasteiger partial charge is 0.349 e. The summed E-state index contributed by atoms with van der Waals surface area (Å²) < 4.78 is 29.6. The van der Waals surface area contributed by atoms with Gasteiger partial charge in [0.1, 0.15) is 11.6 Å². The van der Waals surface area contributed by atoms with Gasteiger partial charge in [0.15, 0.2) is 0 Å². The predicted molar refractivity (Wildman–Crippen MR) is 148 cm³/mol. The van der Waals surface area contributed by atoms with Crippen molar-refractivity contribution >= 4 is 5.91 Å². The highest BCUT2D eigenvalue weighted by molar-refractivity contribution is 5.79. The Morgan fingerprint density at radius 2 is 1.82 bits per heavy atom. The Hall–Kier alpha value is -3.04. The molecule has 2 bridgehead atoms. The van der Waals surface area contributed by atoms with Crippen LogP contribution in [0.5, 0.6) is 0 Å². The number of rotatable bonds is 11. The van der Waals surface area contributed by atoms with E-state index in [9.17, 15) is 13.6 Å². The third-order valence-electron chi connectivity index (χ3n) is 9.17. The first-order valence-corrected chi connectivity index (χ1v) is 14.7. The van der Waals surface area contributed by atoms with E-state index in [0.717, 1.165) is 68.7 Å². The Labute approximate surface area is 234 Å². The first-order valence-electron chi connectivity index (χ1n) is 14.7. The molecule has 0 radical (unpaired) electrons. The third kappa shape index (κ3) is 6.63. The highest BCUT2D eigenvalue weighted by Crippen LogP contribution is 2.42. The van der Waals surface area contributed by atoms with Crippen molar-refractivity contribution in [1.29, 1.82) is 0 Å². The normalized spacial score (nSPS) is 25.3. The van der Waals surface area contributed by atoms with Gasteiger partial charge in [-0.15, -0.1) is 10.2 Å². The monoisotopic (exact) mass is 554 g/mol. The third-order valence-corrected chi connectivity index (χ3v) is 9.17. The number of aryl methyl sites for hydroxylation is 2. The van der Waals surface area contributed by atoms with E-state index in [-0.39, 0.29) is 43.6 Å². The molecule has 3 heterocycles. The van der Waals surface area contributed by atoms with Gasteiger partial charge in [0, 0.05) is 61.3 Å². The number of nitrogens with zero attached hydrogens (tertiary/aromatic N) is 7. The number of hydrogen-bond acceptors (Lipinski definition) is 5. The lowest BCUT2D eigenvalue weighted by Crippen LogP contribution is -2.45. The zero-order valence-electron chi connectivity index (χ0n) is 23.3. The van der Waals surface area contributed by atoms with E-state index in [0.29, 0.717) is 24.7 Å². The Bertz CT molecular complexity index is 1170. The number of nitrogens with one attached hydrogen (secondary N) is 1. The fraction of sp³-hybridized carbons (Fsp3) is 0.690. The van der Waals surface area contributed by atoms with Crippen LogP contribution in [0.1, 0.15) is 93.5 Å². The molecule has 11 heteroatoms. The number of carbonyl (C=O) groups excluding carboxylic acids is 1. The summed E-state index contributed by atoms with van der Waals surface area (Å²) in [5.41, 5.74) is 9.61. The second-order valence-electron chi connectivity index (χ2n) is 11.7. The molecule has 2 aliphatic heterocycles. The maximum atomic E-state index is 13.7. The van der Waals surface area contributed by atoms with Crippen LogP contribution in [0.4, 0.5) is 8.78 Å². The molecule has 1 N–H and O–H groups in total. The maximum Gasteiger partial charge on any atom is 0.248 e. The van der Waals surface area contributed by atoms with Gasteiger partial charge in [-0.3, -0.25) is 9.69 Å². The molecule has 1 aliphatic carbocycles. The summed E-state index contributed by atoms with van der Waals surface area (Å²) in [6.45, 7) is 3.35. The van der Waals surface area contributed by atoms with Crippen molar-refractivity contribution in [1.82, 2.24) is 25.0 Å². The van der Waals surface area contributed by atoms with Gasteiger partial charge in [-0.05, 0) is 69.4 Å². The summed E-state index contributed by atoms with van der Waals surface area (Å²) in [6.07, 6.45) is 6.75. The molecule has 3 aliphatic rings. The molecule has 2 saturated heterocycles. The Kier molecular flexibility index (Phi) is 9.00. The van der Waals surface area contributed by atoms with E-state index in [1.807, 2.05) is 37.3 Å². The van der Waals surface area contributed by atoms with Crippen molar-refractivity contribution in [3.63, 3.8) is 0 Å². The van der Waals surface area contributed by atoms with Gasteiger partial charge < -0.3 is 9.88 Å². The van der Waals surface area contributed by atoms with Gasteiger partial charge in [0.05, 0.1) is 6.04 Å². The van der Waals surface area contributed by atoms with Crippen molar-refractivity contribution < 1.29 is 13.6 Å². The molecule has 40 heavy (non-hydrogen) atoms. The number of hydrogen-bond donors (Lipinski definition) is 1. The lowest BCUT2D eigenvalue weighted by molar-refractivity contribution is -0.130. The van der Waals surface area contributed by atoms with E-state index in [2.05, 4.69) is 35.0 Å². The van der Waals surface area contributed by atoms with Gasteiger partial charge in [-0.1, -0.05) is 35.4 Å². The molecule has 9 nitrogen and oxygen atoms in total. The minimum Gasteiger partial charge on any atom is -0.349 e. The molecule has 2 unspecified atom stereocenters. The Morgan fingerprint density at radius 1 is 1.12 bits per heavy atom. The topological polar surface area (TPSA) is 112 Å². The summed E-state index contributed by atoms with van der Waals surface area (Å²) in [6, 6.07) is 11.2.